The average Bonchev–Trinajstić information content (AvgIpc) is 2.60. The molecule has 0 radical (unpaired) electrons. The van der Waals surface area contributed by atoms with Crippen LogP contribution in [0, 0.1) is 13.8 Å². The van der Waals surface area contributed by atoms with Crippen molar-refractivity contribution in [1.29, 1.82) is 0 Å². The Hall–Kier alpha value is -3.40. The minimum absolute atomic E-state index is 0.181. The maximum atomic E-state index is 11.8. The number of carboxylic acid groups (broad SMARTS) is 2. The van der Waals surface area contributed by atoms with E-state index in [1.807, 2.05) is 38.1 Å². The fourth-order valence-corrected chi connectivity index (χ4v) is 3.87. The van der Waals surface area contributed by atoms with Gasteiger partial charge in [-0.15, -0.1) is 0 Å². The number of rotatable bonds is 2. The molecule has 0 aliphatic carbocycles. The number of aryl methyl sites for hydroxylation is 2. The Morgan fingerprint density at radius 3 is 1.50 bits per heavy atom. The van der Waals surface area contributed by atoms with Crippen molar-refractivity contribution < 1.29 is 19.8 Å². The van der Waals surface area contributed by atoms with Gasteiger partial charge >= 0.3 is 11.9 Å². The number of hydrogen-bond acceptors (Lipinski definition) is 2. The highest BCUT2D eigenvalue weighted by Crippen LogP contribution is 2.38. The summed E-state index contributed by atoms with van der Waals surface area (Å²) in [6.45, 7) is 3.89. The number of fused-ring (bicyclic) bond motifs is 5. The molecule has 4 rings (SSSR count). The van der Waals surface area contributed by atoms with Crippen LogP contribution in [0.2, 0.25) is 0 Å². The Morgan fingerprint density at radius 2 is 1.12 bits per heavy atom. The van der Waals surface area contributed by atoms with Gasteiger partial charge < -0.3 is 10.2 Å². The first-order valence-corrected chi connectivity index (χ1v) is 8.25. The van der Waals surface area contributed by atoms with Crippen LogP contribution in [0.4, 0.5) is 0 Å². The average molecular weight is 344 g/mol. The second-order valence-corrected chi connectivity index (χ2v) is 6.55. The molecule has 0 aliphatic heterocycles. The van der Waals surface area contributed by atoms with Gasteiger partial charge in [0.1, 0.15) is 0 Å². The van der Waals surface area contributed by atoms with Gasteiger partial charge in [-0.1, -0.05) is 36.4 Å². The normalized spacial score (nSPS) is 11.3. The highest BCUT2D eigenvalue weighted by atomic mass is 16.4. The molecule has 4 heteroatoms. The summed E-state index contributed by atoms with van der Waals surface area (Å²) in [6, 6.07) is 14.4. The van der Waals surface area contributed by atoms with E-state index in [2.05, 4.69) is 0 Å². The first-order chi connectivity index (χ1) is 12.4. The number of benzene rings is 4. The summed E-state index contributed by atoms with van der Waals surface area (Å²) >= 11 is 0. The quantitative estimate of drug-likeness (QED) is 0.493. The van der Waals surface area contributed by atoms with Crippen molar-refractivity contribution in [2.75, 3.05) is 0 Å². The summed E-state index contributed by atoms with van der Waals surface area (Å²) in [5.74, 6) is -2.05. The second-order valence-electron chi connectivity index (χ2n) is 6.55. The van der Waals surface area contributed by atoms with E-state index < -0.39 is 11.9 Å². The van der Waals surface area contributed by atoms with E-state index in [4.69, 9.17) is 0 Å². The molecule has 4 nitrogen and oxygen atoms in total. The third-order valence-electron chi connectivity index (χ3n) is 4.98. The SMILES string of the molecule is Cc1cccc2c(C(=O)O)cc3cc(C(=O)O)c4cccc(C)c4c3c12. The summed E-state index contributed by atoms with van der Waals surface area (Å²) in [7, 11) is 0. The Labute approximate surface area is 149 Å². The van der Waals surface area contributed by atoms with Crippen molar-refractivity contribution in [3.05, 3.63) is 70.8 Å². The smallest absolute Gasteiger partial charge is 0.336 e. The molecular formula is C22H16O4. The van der Waals surface area contributed by atoms with Crippen molar-refractivity contribution in [2.24, 2.45) is 0 Å². The third-order valence-corrected chi connectivity index (χ3v) is 4.98. The lowest BCUT2D eigenvalue weighted by atomic mass is 9.88. The van der Waals surface area contributed by atoms with Gasteiger partial charge in [-0.25, -0.2) is 9.59 Å². The first-order valence-electron chi connectivity index (χ1n) is 8.25. The predicted octanol–water partition coefficient (Wildman–Crippen LogP) is 5.16. The Morgan fingerprint density at radius 1 is 0.692 bits per heavy atom. The first kappa shape index (κ1) is 16.1. The largest absolute Gasteiger partial charge is 0.478 e. The summed E-state index contributed by atoms with van der Waals surface area (Å²) in [5.41, 5.74) is 2.28. The molecule has 0 saturated heterocycles. The van der Waals surface area contributed by atoms with Crippen LogP contribution >= 0.6 is 0 Å². The van der Waals surface area contributed by atoms with Gasteiger partial charge in [-0.3, -0.25) is 0 Å². The minimum atomic E-state index is -1.02. The van der Waals surface area contributed by atoms with Crippen LogP contribution in [0.1, 0.15) is 31.8 Å². The van der Waals surface area contributed by atoms with Crippen LogP contribution in [0.3, 0.4) is 0 Å². The summed E-state index contributed by atoms with van der Waals surface area (Å²) in [6.07, 6.45) is 0. The van der Waals surface area contributed by atoms with E-state index in [1.54, 1.807) is 24.3 Å². The van der Waals surface area contributed by atoms with Gasteiger partial charge in [0.05, 0.1) is 11.1 Å². The Bertz CT molecular complexity index is 1160. The van der Waals surface area contributed by atoms with Gasteiger partial charge in [0.25, 0.3) is 0 Å². The molecule has 128 valence electrons. The summed E-state index contributed by atoms with van der Waals surface area (Å²) < 4.78 is 0. The third kappa shape index (κ3) is 2.15. The molecule has 0 heterocycles. The molecule has 4 aromatic carbocycles. The molecule has 0 amide bonds. The Kier molecular flexibility index (Phi) is 3.44. The van der Waals surface area contributed by atoms with E-state index in [9.17, 15) is 19.8 Å². The molecule has 0 aliphatic rings. The number of aromatic carboxylic acids is 2. The van der Waals surface area contributed by atoms with Crippen molar-refractivity contribution in [2.45, 2.75) is 13.8 Å². The van der Waals surface area contributed by atoms with E-state index in [1.165, 1.54) is 0 Å². The van der Waals surface area contributed by atoms with Gasteiger partial charge in [0.2, 0.25) is 0 Å². The van der Waals surface area contributed by atoms with Crippen molar-refractivity contribution in [3.8, 4) is 0 Å². The zero-order chi connectivity index (χ0) is 18.6. The molecule has 0 atom stereocenters. The monoisotopic (exact) mass is 344 g/mol. The van der Waals surface area contributed by atoms with Crippen LogP contribution in [0.15, 0.2) is 48.5 Å². The molecule has 26 heavy (non-hydrogen) atoms. The van der Waals surface area contributed by atoms with E-state index >= 15 is 0 Å². The zero-order valence-corrected chi connectivity index (χ0v) is 14.3. The van der Waals surface area contributed by atoms with Crippen LogP contribution in [-0.4, -0.2) is 22.2 Å². The van der Waals surface area contributed by atoms with Gasteiger partial charge in [0.15, 0.2) is 0 Å². The number of carboxylic acids is 2. The molecule has 2 N–H and O–H groups in total. The molecule has 0 saturated carbocycles. The van der Waals surface area contributed by atoms with Gasteiger partial charge in [-0.05, 0) is 69.4 Å². The molecule has 0 spiro atoms. The topological polar surface area (TPSA) is 74.6 Å². The fraction of sp³-hybridized carbons (Fsp3) is 0.0909. The second kappa shape index (κ2) is 5.56. The number of hydrogen-bond donors (Lipinski definition) is 2. The van der Waals surface area contributed by atoms with Gasteiger partial charge in [0, 0.05) is 0 Å². The van der Waals surface area contributed by atoms with Crippen LogP contribution in [0.5, 0.6) is 0 Å². The maximum absolute atomic E-state index is 11.8. The minimum Gasteiger partial charge on any atom is -0.478 e. The molecule has 0 unspecified atom stereocenters. The van der Waals surface area contributed by atoms with Crippen molar-refractivity contribution in [3.63, 3.8) is 0 Å². The lowest BCUT2D eigenvalue weighted by molar-refractivity contribution is 0.0689. The summed E-state index contributed by atoms with van der Waals surface area (Å²) in [5, 5.41) is 23.9. The van der Waals surface area contributed by atoms with Crippen LogP contribution in [-0.2, 0) is 0 Å². The van der Waals surface area contributed by atoms with E-state index in [0.29, 0.717) is 16.2 Å². The highest BCUT2D eigenvalue weighted by Gasteiger charge is 2.19. The standard InChI is InChI=1S/C22H16O4/c1-11-5-3-7-14-16(21(23)24)9-13-10-17(22(25)26)15-8-4-6-12(2)19(15)20(13)18(11)14/h3-10H,1-2H3,(H,23,24)(H,25,26). The van der Waals surface area contributed by atoms with Gasteiger partial charge in [-0.2, -0.15) is 0 Å². The summed E-state index contributed by atoms with van der Waals surface area (Å²) in [4.78, 5) is 23.6. The van der Waals surface area contributed by atoms with Crippen LogP contribution in [0.25, 0.3) is 32.3 Å². The lowest BCUT2D eigenvalue weighted by Gasteiger charge is -2.15. The van der Waals surface area contributed by atoms with Crippen molar-refractivity contribution >= 4 is 44.3 Å². The predicted molar refractivity (Wildman–Crippen MR) is 102 cm³/mol. The Balaban J connectivity index is 2.42. The lowest BCUT2D eigenvalue weighted by Crippen LogP contribution is -2.02. The molecule has 0 aromatic heterocycles. The van der Waals surface area contributed by atoms with Crippen LogP contribution < -0.4 is 0 Å². The van der Waals surface area contributed by atoms with E-state index in [0.717, 1.165) is 27.3 Å². The fourth-order valence-electron chi connectivity index (χ4n) is 3.87. The number of carbonyl (C=O) groups is 2. The highest BCUT2D eigenvalue weighted by molar-refractivity contribution is 6.27. The van der Waals surface area contributed by atoms with E-state index in [-0.39, 0.29) is 11.1 Å². The zero-order valence-electron chi connectivity index (χ0n) is 14.3. The molecule has 0 fully saturated rings. The molecule has 4 aromatic rings. The van der Waals surface area contributed by atoms with Crippen molar-refractivity contribution in [1.82, 2.24) is 0 Å². The maximum Gasteiger partial charge on any atom is 0.336 e. The molecule has 0 bridgehead atoms. The molecular weight excluding hydrogens is 328 g/mol.